The van der Waals surface area contributed by atoms with Gasteiger partial charge in [0.15, 0.2) is 6.29 Å². The third kappa shape index (κ3) is 1.59. The zero-order valence-corrected chi connectivity index (χ0v) is 6.71. The Morgan fingerprint density at radius 3 is 2.83 bits per heavy atom. The van der Waals surface area contributed by atoms with Gasteiger partial charge in [-0.15, -0.1) is 0 Å². The Bertz CT molecular complexity index is 356. The first-order valence-corrected chi connectivity index (χ1v) is 3.49. The van der Waals surface area contributed by atoms with Gasteiger partial charge in [0.2, 0.25) is 6.08 Å². The summed E-state index contributed by atoms with van der Waals surface area (Å²) >= 11 is 5.68. The van der Waals surface area contributed by atoms with Crippen molar-refractivity contribution in [1.82, 2.24) is 0 Å². The Morgan fingerprint density at radius 1 is 1.50 bits per heavy atom. The van der Waals surface area contributed by atoms with E-state index >= 15 is 0 Å². The highest BCUT2D eigenvalue weighted by atomic mass is 35.5. The molecule has 0 aliphatic heterocycles. The number of aliphatic imine (C=N–C) groups is 1. The lowest BCUT2D eigenvalue weighted by Gasteiger charge is -1.96. The average molecular weight is 182 g/mol. The Kier molecular flexibility index (Phi) is 2.75. The molecule has 0 amide bonds. The van der Waals surface area contributed by atoms with Gasteiger partial charge in [-0.1, -0.05) is 23.7 Å². The van der Waals surface area contributed by atoms with Gasteiger partial charge in [-0.25, -0.2) is 4.79 Å². The molecule has 1 aromatic rings. The van der Waals surface area contributed by atoms with E-state index in [0.29, 0.717) is 11.8 Å². The van der Waals surface area contributed by atoms with Gasteiger partial charge in [0.05, 0.1) is 10.7 Å². The number of nitrogens with zero attached hydrogens (tertiary/aromatic N) is 1. The second-order valence-electron chi connectivity index (χ2n) is 2.00. The lowest BCUT2D eigenvalue weighted by molar-refractivity contribution is 0.112. The monoisotopic (exact) mass is 181 g/mol. The van der Waals surface area contributed by atoms with Crippen LogP contribution in [0.4, 0.5) is 5.69 Å². The van der Waals surface area contributed by atoms with E-state index in [1.165, 1.54) is 12.1 Å². The van der Waals surface area contributed by atoms with E-state index in [0.717, 1.165) is 0 Å². The Morgan fingerprint density at radius 2 is 2.25 bits per heavy atom. The molecule has 12 heavy (non-hydrogen) atoms. The van der Waals surface area contributed by atoms with Crippen LogP contribution in [0.25, 0.3) is 0 Å². The third-order valence-electron chi connectivity index (χ3n) is 1.30. The van der Waals surface area contributed by atoms with E-state index in [1.54, 1.807) is 12.1 Å². The van der Waals surface area contributed by atoms with Gasteiger partial charge in [-0.2, -0.15) is 4.99 Å². The van der Waals surface area contributed by atoms with Crippen LogP contribution in [0.1, 0.15) is 10.4 Å². The fourth-order valence-corrected chi connectivity index (χ4v) is 0.976. The number of carbonyl (C=O) groups is 1. The van der Waals surface area contributed by atoms with E-state index in [1.807, 2.05) is 0 Å². The van der Waals surface area contributed by atoms with Crippen molar-refractivity contribution in [3.8, 4) is 0 Å². The molecule has 0 aliphatic rings. The second-order valence-corrected chi connectivity index (χ2v) is 2.38. The lowest BCUT2D eigenvalue weighted by atomic mass is 10.2. The van der Waals surface area contributed by atoms with Crippen molar-refractivity contribution in [2.45, 2.75) is 0 Å². The highest BCUT2D eigenvalue weighted by molar-refractivity contribution is 6.35. The van der Waals surface area contributed by atoms with Crippen LogP contribution in [0, 0.1) is 0 Å². The molecule has 0 unspecified atom stereocenters. The summed E-state index contributed by atoms with van der Waals surface area (Å²) < 4.78 is 0. The number of hydrogen-bond acceptors (Lipinski definition) is 3. The SMILES string of the molecule is O=C=Nc1cccc(C=O)c1Cl. The minimum absolute atomic E-state index is 0.177. The Balaban J connectivity index is 3.31. The van der Waals surface area contributed by atoms with Crippen LogP contribution in [0.3, 0.4) is 0 Å². The highest BCUT2D eigenvalue weighted by Crippen LogP contribution is 2.26. The van der Waals surface area contributed by atoms with E-state index in [4.69, 9.17) is 11.6 Å². The van der Waals surface area contributed by atoms with Crippen molar-refractivity contribution in [2.24, 2.45) is 4.99 Å². The summed E-state index contributed by atoms with van der Waals surface area (Å²) in [6.45, 7) is 0. The number of hydrogen-bond donors (Lipinski definition) is 0. The van der Waals surface area contributed by atoms with Crippen LogP contribution in [0.2, 0.25) is 5.02 Å². The molecule has 60 valence electrons. The third-order valence-corrected chi connectivity index (χ3v) is 1.71. The fraction of sp³-hybridized carbons (Fsp3) is 0. The predicted molar refractivity (Wildman–Crippen MR) is 44.6 cm³/mol. The van der Waals surface area contributed by atoms with Crippen LogP contribution < -0.4 is 0 Å². The lowest BCUT2D eigenvalue weighted by Crippen LogP contribution is -1.80. The number of benzene rings is 1. The predicted octanol–water partition coefficient (Wildman–Crippen LogP) is 2.12. The first kappa shape index (κ1) is 8.65. The zero-order chi connectivity index (χ0) is 8.97. The molecule has 0 aliphatic carbocycles. The largest absolute Gasteiger partial charge is 0.298 e. The molecule has 4 heteroatoms. The standard InChI is InChI=1S/C8H4ClNO2/c9-8-6(4-11)2-1-3-7(8)10-5-12/h1-4H. The van der Waals surface area contributed by atoms with E-state index in [9.17, 15) is 9.59 Å². The summed E-state index contributed by atoms with van der Waals surface area (Å²) in [4.78, 5) is 23.6. The zero-order valence-electron chi connectivity index (χ0n) is 5.95. The molecule has 0 bridgehead atoms. The maximum atomic E-state index is 10.4. The Hall–Kier alpha value is -1.44. The molecular formula is C8H4ClNO2. The van der Waals surface area contributed by atoms with Crippen LogP contribution >= 0.6 is 11.6 Å². The molecule has 0 heterocycles. The molecule has 1 aromatic carbocycles. The number of carbonyl (C=O) groups excluding carboxylic acids is 2. The molecule has 0 atom stereocenters. The first-order chi connectivity index (χ1) is 5.79. The fourth-order valence-electron chi connectivity index (χ4n) is 0.764. The van der Waals surface area contributed by atoms with E-state index < -0.39 is 0 Å². The van der Waals surface area contributed by atoms with Gasteiger partial charge >= 0.3 is 0 Å². The highest BCUT2D eigenvalue weighted by Gasteiger charge is 2.02. The summed E-state index contributed by atoms with van der Waals surface area (Å²) in [5.41, 5.74) is 0.574. The molecule has 0 aromatic heterocycles. The van der Waals surface area contributed by atoms with Crippen molar-refractivity contribution in [3.63, 3.8) is 0 Å². The molecule has 1 rings (SSSR count). The number of isocyanates is 1. The molecule has 0 spiro atoms. The normalized spacial score (nSPS) is 8.75. The topological polar surface area (TPSA) is 46.5 Å². The molecule has 3 nitrogen and oxygen atoms in total. The summed E-state index contributed by atoms with van der Waals surface area (Å²) in [7, 11) is 0. The van der Waals surface area contributed by atoms with Crippen molar-refractivity contribution in [1.29, 1.82) is 0 Å². The summed E-state index contributed by atoms with van der Waals surface area (Å²) in [6.07, 6.45) is 1.95. The molecule has 0 N–H and O–H groups in total. The van der Waals surface area contributed by atoms with Crippen LogP contribution in [-0.2, 0) is 4.79 Å². The smallest absolute Gasteiger partial charge is 0.240 e. The van der Waals surface area contributed by atoms with Gasteiger partial charge in [0.1, 0.15) is 0 Å². The van der Waals surface area contributed by atoms with Crippen LogP contribution in [-0.4, -0.2) is 12.4 Å². The molecule has 0 saturated carbocycles. The van der Waals surface area contributed by atoms with Crippen molar-refractivity contribution < 1.29 is 9.59 Å². The minimum Gasteiger partial charge on any atom is -0.298 e. The summed E-state index contributed by atoms with van der Waals surface area (Å²) in [6, 6.07) is 4.66. The summed E-state index contributed by atoms with van der Waals surface area (Å²) in [5, 5.41) is 0.177. The maximum absolute atomic E-state index is 10.4. The van der Waals surface area contributed by atoms with Crippen molar-refractivity contribution in [2.75, 3.05) is 0 Å². The molecular weight excluding hydrogens is 178 g/mol. The average Bonchev–Trinajstić information content (AvgIpc) is 2.09. The van der Waals surface area contributed by atoms with Gasteiger partial charge in [0.25, 0.3) is 0 Å². The van der Waals surface area contributed by atoms with Crippen LogP contribution in [0.15, 0.2) is 23.2 Å². The Labute approximate surface area is 73.7 Å². The first-order valence-electron chi connectivity index (χ1n) is 3.11. The van der Waals surface area contributed by atoms with Gasteiger partial charge in [0, 0.05) is 5.56 Å². The van der Waals surface area contributed by atoms with E-state index in [-0.39, 0.29) is 10.7 Å². The number of halogens is 1. The minimum atomic E-state index is 0.177. The van der Waals surface area contributed by atoms with Gasteiger partial charge in [-0.05, 0) is 6.07 Å². The van der Waals surface area contributed by atoms with Crippen molar-refractivity contribution >= 4 is 29.7 Å². The second kappa shape index (κ2) is 3.81. The molecule has 0 saturated heterocycles. The maximum Gasteiger partial charge on any atom is 0.240 e. The van der Waals surface area contributed by atoms with Crippen LogP contribution in [0.5, 0.6) is 0 Å². The molecule has 0 fully saturated rings. The van der Waals surface area contributed by atoms with Gasteiger partial charge in [-0.3, -0.25) is 4.79 Å². The quantitative estimate of drug-likeness (QED) is 0.399. The van der Waals surface area contributed by atoms with Gasteiger partial charge < -0.3 is 0 Å². The van der Waals surface area contributed by atoms with E-state index in [2.05, 4.69) is 4.99 Å². The number of aldehydes is 1. The number of rotatable bonds is 2. The summed E-state index contributed by atoms with van der Waals surface area (Å²) in [5.74, 6) is 0. The molecule has 0 radical (unpaired) electrons. The van der Waals surface area contributed by atoms with Crippen molar-refractivity contribution in [3.05, 3.63) is 28.8 Å².